The van der Waals surface area contributed by atoms with Crippen LogP contribution in [0.1, 0.15) is 24.5 Å². The first kappa shape index (κ1) is 18.8. The minimum absolute atomic E-state index is 0.343. The van der Waals surface area contributed by atoms with Gasteiger partial charge in [0.05, 0.1) is 18.2 Å². The van der Waals surface area contributed by atoms with Crippen molar-refractivity contribution in [3.8, 4) is 0 Å². The quantitative estimate of drug-likeness (QED) is 0.736. The Morgan fingerprint density at radius 2 is 1.96 bits per heavy atom. The van der Waals surface area contributed by atoms with E-state index in [0.717, 1.165) is 11.3 Å². The number of ether oxygens (including phenoxy) is 1. The number of benzene rings is 2. The Kier molecular flexibility index (Phi) is 5.96. The summed E-state index contributed by atoms with van der Waals surface area (Å²) in [4.78, 5) is 24.4. The lowest BCUT2D eigenvalue weighted by Crippen LogP contribution is -2.30. The molecule has 27 heavy (non-hydrogen) atoms. The number of nitrogens with zero attached hydrogens (tertiary/aromatic N) is 2. The molecule has 0 bridgehead atoms. The maximum Gasteiger partial charge on any atom is 0.309 e. The molecule has 0 aliphatic carbocycles. The normalized spacial score (nSPS) is 14.6. The number of hydrogen-bond donors (Lipinski definition) is 0. The number of esters is 1. The zero-order valence-electron chi connectivity index (χ0n) is 15.1. The average molecular weight is 368 g/mol. The van der Waals surface area contributed by atoms with E-state index in [2.05, 4.69) is 5.10 Å². The van der Waals surface area contributed by atoms with E-state index in [9.17, 15) is 14.0 Å². The van der Waals surface area contributed by atoms with E-state index in [-0.39, 0.29) is 18.3 Å². The number of carbonyl (C=O) groups is 2. The summed E-state index contributed by atoms with van der Waals surface area (Å²) >= 11 is 0. The van der Waals surface area contributed by atoms with Crippen LogP contribution in [0.15, 0.2) is 59.7 Å². The molecule has 0 aromatic heterocycles. The number of amides is 1. The summed E-state index contributed by atoms with van der Waals surface area (Å²) in [6.45, 7) is 1.82. The van der Waals surface area contributed by atoms with Gasteiger partial charge in [-0.2, -0.15) is 5.10 Å². The molecule has 3 rings (SSSR count). The maximum absolute atomic E-state index is 13.2. The lowest BCUT2D eigenvalue weighted by Gasteiger charge is -2.14. The van der Waals surface area contributed by atoms with Gasteiger partial charge >= 0.3 is 5.97 Å². The Bertz CT molecular complexity index is 852. The zero-order chi connectivity index (χ0) is 19.2. The molecule has 6 heteroatoms. The summed E-state index contributed by atoms with van der Waals surface area (Å²) < 4.78 is 18.3. The Morgan fingerprint density at radius 3 is 2.70 bits per heavy atom. The summed E-state index contributed by atoms with van der Waals surface area (Å²) in [6, 6.07) is 15.7. The highest BCUT2D eigenvalue weighted by Gasteiger charge is 2.23. The van der Waals surface area contributed by atoms with E-state index in [1.54, 1.807) is 19.1 Å². The van der Waals surface area contributed by atoms with Gasteiger partial charge in [0.15, 0.2) is 6.61 Å². The lowest BCUT2D eigenvalue weighted by atomic mass is 10.0. The Balaban J connectivity index is 1.50. The summed E-state index contributed by atoms with van der Waals surface area (Å²) in [6.07, 6.45) is 1.02. The maximum atomic E-state index is 13.2. The summed E-state index contributed by atoms with van der Waals surface area (Å²) in [7, 11) is 0. The van der Waals surface area contributed by atoms with Crippen molar-refractivity contribution in [2.24, 2.45) is 11.0 Å². The first-order chi connectivity index (χ1) is 13.0. The molecule has 0 spiro atoms. The minimum Gasteiger partial charge on any atom is -0.455 e. The molecule has 1 aliphatic rings. The highest BCUT2D eigenvalue weighted by atomic mass is 19.1. The second kappa shape index (κ2) is 8.58. The molecule has 0 fully saturated rings. The molecule has 5 nitrogen and oxygen atoms in total. The molecule has 1 atom stereocenters. The SMILES string of the molecule is CC(Cc1cccc(F)c1)C(=O)OCC(=O)N1CCC(c2ccccc2)=N1. The first-order valence-corrected chi connectivity index (χ1v) is 8.87. The van der Waals surface area contributed by atoms with Crippen molar-refractivity contribution in [3.63, 3.8) is 0 Å². The van der Waals surface area contributed by atoms with Crippen LogP contribution in [-0.4, -0.2) is 35.7 Å². The van der Waals surface area contributed by atoms with Crippen molar-refractivity contribution in [1.82, 2.24) is 5.01 Å². The third-order valence-electron chi connectivity index (χ3n) is 4.37. The fraction of sp³-hybridized carbons (Fsp3) is 0.286. The largest absolute Gasteiger partial charge is 0.455 e. The Labute approximate surface area is 157 Å². The lowest BCUT2D eigenvalue weighted by molar-refractivity contribution is -0.154. The van der Waals surface area contributed by atoms with Crippen molar-refractivity contribution in [1.29, 1.82) is 0 Å². The van der Waals surface area contributed by atoms with E-state index >= 15 is 0 Å². The summed E-state index contributed by atoms with van der Waals surface area (Å²) in [5, 5.41) is 5.67. The van der Waals surface area contributed by atoms with Crippen LogP contribution in [0.25, 0.3) is 0 Å². The average Bonchev–Trinajstić information content (AvgIpc) is 3.17. The number of hydrazone groups is 1. The van der Waals surface area contributed by atoms with Crippen molar-refractivity contribution >= 4 is 17.6 Å². The molecule has 1 unspecified atom stereocenters. The molecule has 140 valence electrons. The van der Waals surface area contributed by atoms with Crippen LogP contribution >= 0.6 is 0 Å². The van der Waals surface area contributed by atoms with Gasteiger partial charge in [-0.1, -0.05) is 49.4 Å². The molecule has 0 N–H and O–H groups in total. The van der Waals surface area contributed by atoms with Gasteiger partial charge in [0.25, 0.3) is 5.91 Å². The smallest absolute Gasteiger partial charge is 0.309 e. The molecule has 2 aromatic carbocycles. The second-order valence-electron chi connectivity index (χ2n) is 6.52. The standard InChI is InChI=1S/C21H21FN2O3/c1-15(12-16-6-5-9-18(22)13-16)21(26)27-14-20(25)24-11-10-19(23-24)17-7-3-2-4-8-17/h2-9,13,15H,10-12,14H2,1H3. The molecule has 0 saturated carbocycles. The van der Waals surface area contributed by atoms with Crippen LogP contribution in [0.4, 0.5) is 4.39 Å². The van der Waals surface area contributed by atoms with E-state index in [4.69, 9.17) is 4.74 Å². The predicted molar refractivity (Wildman–Crippen MR) is 99.5 cm³/mol. The van der Waals surface area contributed by atoms with Crippen LogP contribution in [0.5, 0.6) is 0 Å². The monoisotopic (exact) mass is 368 g/mol. The third kappa shape index (κ3) is 5.00. The van der Waals surface area contributed by atoms with Gasteiger partial charge in [0.2, 0.25) is 0 Å². The predicted octanol–water partition coefficient (Wildman–Crippen LogP) is 3.18. The zero-order valence-corrected chi connectivity index (χ0v) is 15.1. The molecule has 0 saturated heterocycles. The minimum atomic E-state index is -0.487. The fourth-order valence-electron chi connectivity index (χ4n) is 2.92. The summed E-state index contributed by atoms with van der Waals surface area (Å²) in [5.74, 6) is -1.66. The molecule has 2 aromatic rings. The van der Waals surface area contributed by atoms with Gasteiger partial charge in [0, 0.05) is 6.42 Å². The van der Waals surface area contributed by atoms with Crippen LogP contribution in [0.2, 0.25) is 0 Å². The van der Waals surface area contributed by atoms with Gasteiger partial charge in [0.1, 0.15) is 5.82 Å². The highest BCUT2D eigenvalue weighted by Crippen LogP contribution is 2.15. The fourth-order valence-corrected chi connectivity index (χ4v) is 2.92. The Morgan fingerprint density at radius 1 is 1.19 bits per heavy atom. The summed E-state index contributed by atoms with van der Waals surface area (Å²) in [5.41, 5.74) is 2.53. The highest BCUT2D eigenvalue weighted by molar-refractivity contribution is 6.02. The van der Waals surface area contributed by atoms with Crippen LogP contribution in [0.3, 0.4) is 0 Å². The van der Waals surface area contributed by atoms with Crippen LogP contribution in [-0.2, 0) is 20.7 Å². The molecular formula is C21H21FN2O3. The molecule has 1 heterocycles. The van der Waals surface area contributed by atoms with E-state index < -0.39 is 11.9 Å². The van der Waals surface area contributed by atoms with Gasteiger partial charge in [-0.25, -0.2) is 9.40 Å². The number of rotatable bonds is 6. The Hall–Kier alpha value is -3.02. The number of hydrogen-bond acceptors (Lipinski definition) is 4. The molecule has 1 aliphatic heterocycles. The molecule has 0 radical (unpaired) electrons. The van der Waals surface area contributed by atoms with Crippen LogP contribution in [0, 0.1) is 11.7 Å². The molecule has 1 amide bonds. The van der Waals surface area contributed by atoms with Crippen molar-refractivity contribution in [2.75, 3.05) is 13.2 Å². The van der Waals surface area contributed by atoms with Crippen molar-refractivity contribution in [3.05, 3.63) is 71.5 Å². The van der Waals surface area contributed by atoms with Gasteiger partial charge < -0.3 is 4.74 Å². The molecular weight excluding hydrogens is 347 g/mol. The number of carbonyl (C=O) groups excluding carboxylic acids is 2. The van der Waals surface area contributed by atoms with Gasteiger partial charge in [-0.05, 0) is 29.7 Å². The van der Waals surface area contributed by atoms with Crippen molar-refractivity contribution in [2.45, 2.75) is 19.8 Å². The van der Waals surface area contributed by atoms with Gasteiger partial charge in [-0.3, -0.25) is 9.59 Å². The number of halogens is 1. The third-order valence-corrected chi connectivity index (χ3v) is 4.37. The topological polar surface area (TPSA) is 59.0 Å². The second-order valence-corrected chi connectivity index (χ2v) is 6.52. The van der Waals surface area contributed by atoms with E-state index in [1.807, 2.05) is 30.3 Å². The first-order valence-electron chi connectivity index (χ1n) is 8.87. The van der Waals surface area contributed by atoms with Gasteiger partial charge in [-0.15, -0.1) is 0 Å². The van der Waals surface area contributed by atoms with Crippen LogP contribution < -0.4 is 0 Å². The van der Waals surface area contributed by atoms with E-state index in [0.29, 0.717) is 24.9 Å². The van der Waals surface area contributed by atoms with Crippen molar-refractivity contribution < 1.29 is 18.7 Å². The van der Waals surface area contributed by atoms with E-state index in [1.165, 1.54) is 17.1 Å².